The molecule has 5 rings (SSSR count). The van der Waals surface area contributed by atoms with E-state index in [9.17, 15) is 26.8 Å². The number of nitrogens with zero attached hydrogens (tertiary/aromatic N) is 2. The first-order valence-corrected chi connectivity index (χ1v) is 11.6. The first-order valence-electron chi connectivity index (χ1n) is 10.1. The molecule has 166 valence electrons. The Morgan fingerprint density at radius 2 is 1.90 bits per heavy atom. The number of benzene rings is 1. The molecule has 4 aliphatic rings. The summed E-state index contributed by atoms with van der Waals surface area (Å²) in [6.07, 6.45) is 1.98. The summed E-state index contributed by atoms with van der Waals surface area (Å²) in [5.41, 5.74) is 6.40. The number of nitrogens with two attached hydrogens (primary N) is 1. The van der Waals surface area contributed by atoms with E-state index in [1.54, 1.807) is 4.90 Å². The molecule has 0 radical (unpaired) electrons. The second-order valence-electron chi connectivity index (χ2n) is 8.46. The van der Waals surface area contributed by atoms with Crippen molar-refractivity contribution in [2.75, 3.05) is 13.2 Å². The Labute approximate surface area is 177 Å². The lowest BCUT2D eigenvalue weighted by atomic mass is 9.93. The number of ether oxygens (including phenoxy) is 1. The number of carbonyl (C=O) groups is 2. The second-order valence-corrected chi connectivity index (χ2v) is 10.5. The fraction of sp³-hybridized carbons (Fsp3) is 0.500. The third-order valence-corrected chi connectivity index (χ3v) is 8.51. The standard InChI is InChI=1S/C20H21F2N3O5S/c21-10-1-4-16(22)13(5-10)18-17(23)6-11(9-30-18)24-7-14-15(8-24)20(27)25(19(14)26)31(28,29)12-2-3-12/h1,4-5,7,11-12,15,17-18H,2-3,6,8-9,23H2/t11-,15?,17+,18-/m1/s1. The molecule has 1 saturated carbocycles. The van der Waals surface area contributed by atoms with Crippen molar-refractivity contribution < 1.29 is 31.5 Å². The zero-order chi connectivity index (χ0) is 22.1. The van der Waals surface area contributed by atoms with Crippen LogP contribution >= 0.6 is 0 Å². The van der Waals surface area contributed by atoms with Gasteiger partial charge in [0.1, 0.15) is 17.7 Å². The molecule has 0 aromatic heterocycles. The number of rotatable bonds is 4. The molecule has 11 heteroatoms. The van der Waals surface area contributed by atoms with Gasteiger partial charge in [-0.15, -0.1) is 0 Å². The Kier molecular flexibility index (Phi) is 4.68. The molecule has 1 unspecified atom stereocenters. The number of fused-ring (bicyclic) bond motifs is 1. The van der Waals surface area contributed by atoms with Gasteiger partial charge in [0.2, 0.25) is 10.0 Å². The van der Waals surface area contributed by atoms with Crippen molar-refractivity contribution in [3.05, 3.63) is 47.2 Å². The normalized spacial score (nSPS) is 31.3. The van der Waals surface area contributed by atoms with E-state index >= 15 is 0 Å². The van der Waals surface area contributed by atoms with Gasteiger partial charge in [-0.1, -0.05) is 0 Å². The molecule has 0 spiro atoms. The summed E-state index contributed by atoms with van der Waals surface area (Å²) in [4.78, 5) is 27.1. The van der Waals surface area contributed by atoms with Crippen molar-refractivity contribution in [1.82, 2.24) is 9.21 Å². The van der Waals surface area contributed by atoms with Crippen molar-refractivity contribution in [2.24, 2.45) is 11.7 Å². The lowest BCUT2D eigenvalue weighted by Crippen LogP contribution is -2.48. The second kappa shape index (κ2) is 7.07. The summed E-state index contributed by atoms with van der Waals surface area (Å²) in [7, 11) is -3.94. The van der Waals surface area contributed by atoms with Crippen molar-refractivity contribution in [3.63, 3.8) is 0 Å². The maximum absolute atomic E-state index is 14.1. The molecular weight excluding hydrogens is 432 g/mol. The highest BCUT2D eigenvalue weighted by Crippen LogP contribution is 2.40. The third-order valence-electron chi connectivity index (χ3n) is 6.34. The number of imide groups is 1. The average molecular weight is 453 g/mol. The maximum atomic E-state index is 14.1. The minimum atomic E-state index is -3.94. The number of amides is 2. The molecular formula is C20H21F2N3O5S. The SMILES string of the molecule is N[C@H]1C[C@@H](N2C=C3C(=O)N(S(=O)(=O)C4CC4)C(=O)C3C2)CO[C@@H]1c1cc(F)ccc1F. The molecule has 4 atom stereocenters. The summed E-state index contributed by atoms with van der Waals surface area (Å²) in [5, 5.41) is -0.652. The zero-order valence-electron chi connectivity index (χ0n) is 16.4. The van der Waals surface area contributed by atoms with Gasteiger partial charge in [-0.3, -0.25) is 9.59 Å². The van der Waals surface area contributed by atoms with Crippen molar-refractivity contribution >= 4 is 21.8 Å². The van der Waals surface area contributed by atoms with Crippen LogP contribution in [-0.2, 0) is 24.3 Å². The minimum absolute atomic E-state index is 0.0499. The Morgan fingerprint density at radius 1 is 1.16 bits per heavy atom. The Balaban J connectivity index is 1.31. The summed E-state index contributed by atoms with van der Waals surface area (Å²) in [5.74, 6) is -3.53. The smallest absolute Gasteiger partial charge is 0.272 e. The topological polar surface area (TPSA) is 110 Å². The Morgan fingerprint density at radius 3 is 2.55 bits per heavy atom. The van der Waals surface area contributed by atoms with Crippen molar-refractivity contribution in [2.45, 2.75) is 42.7 Å². The average Bonchev–Trinajstić information content (AvgIpc) is 3.44. The Bertz CT molecular complexity index is 1100. The molecule has 1 aromatic carbocycles. The maximum Gasteiger partial charge on any atom is 0.272 e. The van der Waals surface area contributed by atoms with E-state index < -0.39 is 56.8 Å². The van der Waals surface area contributed by atoms with Crippen LogP contribution in [-0.4, -0.2) is 59.9 Å². The van der Waals surface area contributed by atoms with Gasteiger partial charge < -0.3 is 15.4 Å². The molecule has 3 heterocycles. The summed E-state index contributed by atoms with van der Waals surface area (Å²) in [6, 6.07) is 2.19. The van der Waals surface area contributed by atoms with Crippen LogP contribution in [0.1, 0.15) is 30.9 Å². The van der Waals surface area contributed by atoms with E-state index in [-0.39, 0.29) is 30.3 Å². The molecule has 3 aliphatic heterocycles. The molecule has 1 aliphatic carbocycles. The fourth-order valence-electron chi connectivity index (χ4n) is 4.54. The predicted molar refractivity (Wildman–Crippen MR) is 104 cm³/mol. The lowest BCUT2D eigenvalue weighted by Gasteiger charge is -2.39. The van der Waals surface area contributed by atoms with Crippen molar-refractivity contribution in [3.8, 4) is 0 Å². The summed E-state index contributed by atoms with van der Waals surface area (Å²) in [6.45, 7) is 0.285. The third kappa shape index (κ3) is 3.26. The first kappa shape index (κ1) is 20.5. The minimum Gasteiger partial charge on any atom is -0.370 e. The zero-order valence-corrected chi connectivity index (χ0v) is 17.2. The molecule has 8 nitrogen and oxygen atoms in total. The largest absolute Gasteiger partial charge is 0.370 e. The number of hydrogen-bond donors (Lipinski definition) is 1. The monoisotopic (exact) mass is 453 g/mol. The predicted octanol–water partition coefficient (Wildman–Crippen LogP) is 0.799. The summed E-state index contributed by atoms with van der Waals surface area (Å²) < 4.78 is 58.7. The molecule has 1 aromatic rings. The van der Waals surface area contributed by atoms with Gasteiger partial charge in [-0.05, 0) is 37.5 Å². The van der Waals surface area contributed by atoms with Gasteiger partial charge in [0.25, 0.3) is 11.8 Å². The fourth-order valence-corrected chi connectivity index (χ4v) is 6.29. The number of hydrogen-bond acceptors (Lipinski definition) is 7. The van der Waals surface area contributed by atoms with Gasteiger partial charge in [0.05, 0.1) is 23.8 Å². The highest BCUT2D eigenvalue weighted by atomic mass is 32.2. The molecule has 3 fully saturated rings. The van der Waals surface area contributed by atoms with Gasteiger partial charge in [-0.25, -0.2) is 17.2 Å². The quantitative estimate of drug-likeness (QED) is 0.672. The number of carbonyl (C=O) groups excluding carboxylic acids is 2. The van der Waals surface area contributed by atoms with E-state index in [1.165, 1.54) is 6.20 Å². The Hall–Kier alpha value is -2.37. The highest BCUT2D eigenvalue weighted by molar-refractivity contribution is 7.91. The molecule has 2 N–H and O–H groups in total. The van der Waals surface area contributed by atoms with Gasteiger partial charge in [-0.2, -0.15) is 4.31 Å². The van der Waals surface area contributed by atoms with Crippen LogP contribution < -0.4 is 5.73 Å². The highest BCUT2D eigenvalue weighted by Gasteiger charge is 2.56. The van der Waals surface area contributed by atoms with Crippen LogP contribution in [0.4, 0.5) is 8.78 Å². The van der Waals surface area contributed by atoms with Crippen LogP contribution in [0, 0.1) is 17.6 Å². The summed E-state index contributed by atoms with van der Waals surface area (Å²) >= 11 is 0. The van der Waals surface area contributed by atoms with Crippen LogP contribution in [0.15, 0.2) is 30.0 Å². The van der Waals surface area contributed by atoms with E-state index in [0.717, 1.165) is 18.2 Å². The van der Waals surface area contributed by atoms with Gasteiger partial charge in [0, 0.05) is 29.9 Å². The van der Waals surface area contributed by atoms with E-state index in [2.05, 4.69) is 0 Å². The number of sulfonamides is 1. The van der Waals surface area contributed by atoms with Crippen LogP contribution in [0.2, 0.25) is 0 Å². The van der Waals surface area contributed by atoms with Gasteiger partial charge >= 0.3 is 0 Å². The van der Waals surface area contributed by atoms with E-state index in [1.807, 2.05) is 0 Å². The molecule has 2 amide bonds. The molecule has 0 bridgehead atoms. The van der Waals surface area contributed by atoms with Crippen LogP contribution in [0.3, 0.4) is 0 Å². The van der Waals surface area contributed by atoms with Crippen LogP contribution in [0.5, 0.6) is 0 Å². The van der Waals surface area contributed by atoms with Crippen molar-refractivity contribution in [1.29, 1.82) is 0 Å². The number of halogens is 2. The van der Waals surface area contributed by atoms with E-state index in [0.29, 0.717) is 23.6 Å². The lowest BCUT2D eigenvalue weighted by molar-refractivity contribution is -0.133. The van der Waals surface area contributed by atoms with E-state index in [4.69, 9.17) is 10.5 Å². The first-order chi connectivity index (χ1) is 14.7. The molecule has 2 saturated heterocycles. The van der Waals surface area contributed by atoms with Crippen LogP contribution in [0.25, 0.3) is 0 Å². The van der Waals surface area contributed by atoms with Gasteiger partial charge in [0.15, 0.2) is 0 Å². The molecule has 31 heavy (non-hydrogen) atoms.